The summed E-state index contributed by atoms with van der Waals surface area (Å²) in [5, 5.41) is 11.2. The highest BCUT2D eigenvalue weighted by Crippen LogP contribution is 2.04. The highest BCUT2D eigenvalue weighted by Gasteiger charge is 2.05. The first kappa shape index (κ1) is 11.2. The van der Waals surface area contributed by atoms with Crippen LogP contribution in [-0.4, -0.2) is 20.0 Å². The average Bonchev–Trinajstić information content (AvgIpc) is 2.25. The van der Waals surface area contributed by atoms with Gasteiger partial charge in [0.1, 0.15) is 0 Å². The molecular formula is C11H15O3. The summed E-state index contributed by atoms with van der Waals surface area (Å²) in [5.74, 6) is 0. The molecule has 14 heavy (non-hydrogen) atoms. The Balaban J connectivity index is 2.20. The number of hydrogen-bond acceptors (Lipinski definition) is 2. The van der Waals surface area contributed by atoms with E-state index in [1.807, 2.05) is 30.3 Å². The quantitative estimate of drug-likeness (QED) is 0.651. The molecule has 1 aromatic carbocycles. The molecule has 77 valence electrons. The molecule has 1 aromatic rings. The zero-order valence-electron chi connectivity index (χ0n) is 8.31. The molecule has 3 nitrogen and oxygen atoms in total. The smallest absolute Gasteiger partial charge is 0.193 e. The number of benzene rings is 1. The van der Waals surface area contributed by atoms with Crippen molar-refractivity contribution in [3.8, 4) is 0 Å². The molecule has 0 aliphatic heterocycles. The van der Waals surface area contributed by atoms with Crippen molar-refractivity contribution in [2.24, 2.45) is 0 Å². The van der Waals surface area contributed by atoms with Gasteiger partial charge in [0.25, 0.3) is 0 Å². The van der Waals surface area contributed by atoms with Gasteiger partial charge in [-0.25, -0.2) is 5.11 Å². The lowest BCUT2D eigenvalue weighted by molar-refractivity contribution is -0.156. The number of methoxy groups -OCH3 is 1. The van der Waals surface area contributed by atoms with E-state index >= 15 is 0 Å². The molecule has 1 radical (unpaired) electrons. The zero-order valence-corrected chi connectivity index (χ0v) is 8.31. The summed E-state index contributed by atoms with van der Waals surface area (Å²) in [4.78, 5) is 0. The lowest BCUT2D eigenvalue weighted by Gasteiger charge is -2.09. The minimum Gasteiger partial charge on any atom is -0.384 e. The normalized spacial score (nSPS) is 12.7. The third-order valence-electron chi connectivity index (χ3n) is 1.84. The maximum Gasteiger partial charge on any atom is 0.193 e. The molecule has 1 atom stereocenters. The van der Waals surface area contributed by atoms with Crippen molar-refractivity contribution in [2.45, 2.75) is 19.3 Å². The van der Waals surface area contributed by atoms with E-state index in [1.165, 1.54) is 0 Å². The summed E-state index contributed by atoms with van der Waals surface area (Å²) in [6.45, 7) is 0.821. The molecule has 1 rings (SSSR count). The van der Waals surface area contributed by atoms with E-state index in [2.05, 4.69) is 0 Å². The molecular weight excluding hydrogens is 180 g/mol. The summed E-state index contributed by atoms with van der Waals surface area (Å²) in [6.07, 6.45) is -0.598. The summed E-state index contributed by atoms with van der Waals surface area (Å²) in [5.41, 5.74) is 1.02. The van der Waals surface area contributed by atoms with Gasteiger partial charge in [0.05, 0.1) is 13.2 Å². The summed E-state index contributed by atoms with van der Waals surface area (Å²) < 4.78 is 9.88. The standard InChI is InChI=1S/C11H15O3/c1-13-8-7-11(12)14-9-10-5-3-2-4-6-10/h2-6,11H,7-9H2,1H3. The zero-order chi connectivity index (χ0) is 10.2. The second kappa shape index (κ2) is 6.54. The van der Waals surface area contributed by atoms with Crippen LogP contribution in [0, 0.1) is 0 Å². The molecule has 0 bridgehead atoms. The van der Waals surface area contributed by atoms with Crippen molar-refractivity contribution in [3.05, 3.63) is 35.9 Å². The number of hydrogen-bond donors (Lipinski definition) is 0. The van der Waals surface area contributed by atoms with E-state index in [9.17, 15) is 5.11 Å². The first-order chi connectivity index (χ1) is 6.83. The van der Waals surface area contributed by atoms with Crippen LogP contribution in [0.2, 0.25) is 0 Å². The van der Waals surface area contributed by atoms with Crippen molar-refractivity contribution in [3.63, 3.8) is 0 Å². The van der Waals surface area contributed by atoms with Crippen LogP contribution in [0.5, 0.6) is 0 Å². The first-order valence-corrected chi connectivity index (χ1v) is 4.63. The molecule has 0 fully saturated rings. The molecule has 0 saturated carbocycles. The Morgan fingerprint density at radius 3 is 2.64 bits per heavy atom. The molecule has 0 aromatic heterocycles. The molecule has 0 N–H and O–H groups in total. The van der Waals surface area contributed by atoms with Crippen molar-refractivity contribution in [2.75, 3.05) is 13.7 Å². The summed E-state index contributed by atoms with van der Waals surface area (Å²) in [7, 11) is 1.57. The van der Waals surface area contributed by atoms with Crippen LogP contribution in [0.25, 0.3) is 0 Å². The highest BCUT2D eigenvalue weighted by atomic mass is 16.6. The van der Waals surface area contributed by atoms with Crippen molar-refractivity contribution < 1.29 is 14.6 Å². The Labute approximate surface area is 84.3 Å². The van der Waals surface area contributed by atoms with Gasteiger partial charge in [-0.05, 0) is 5.56 Å². The Hall–Kier alpha value is -0.900. The fourth-order valence-corrected chi connectivity index (χ4v) is 1.06. The van der Waals surface area contributed by atoms with E-state index in [0.717, 1.165) is 5.56 Å². The van der Waals surface area contributed by atoms with Gasteiger partial charge >= 0.3 is 0 Å². The highest BCUT2D eigenvalue weighted by molar-refractivity contribution is 5.13. The third kappa shape index (κ3) is 4.37. The maximum absolute atomic E-state index is 11.2. The Bertz CT molecular complexity index is 236. The molecule has 1 unspecified atom stereocenters. The van der Waals surface area contributed by atoms with E-state index in [4.69, 9.17) is 9.47 Å². The van der Waals surface area contributed by atoms with E-state index in [-0.39, 0.29) is 0 Å². The van der Waals surface area contributed by atoms with Gasteiger partial charge in [-0.3, -0.25) is 0 Å². The van der Waals surface area contributed by atoms with Crippen molar-refractivity contribution in [1.29, 1.82) is 0 Å². The second-order valence-electron chi connectivity index (χ2n) is 3.01. The monoisotopic (exact) mass is 195 g/mol. The van der Waals surface area contributed by atoms with Crippen molar-refractivity contribution >= 4 is 0 Å². The second-order valence-corrected chi connectivity index (χ2v) is 3.01. The molecule has 0 aliphatic carbocycles. The van der Waals surface area contributed by atoms with Crippen LogP contribution in [0.3, 0.4) is 0 Å². The minimum atomic E-state index is -0.991. The topological polar surface area (TPSA) is 38.4 Å². The van der Waals surface area contributed by atoms with Gasteiger partial charge in [0.15, 0.2) is 6.29 Å². The lowest BCUT2D eigenvalue weighted by Crippen LogP contribution is -2.12. The third-order valence-corrected chi connectivity index (χ3v) is 1.84. The Morgan fingerprint density at radius 2 is 2.00 bits per heavy atom. The molecule has 0 spiro atoms. The molecule has 0 saturated heterocycles. The van der Waals surface area contributed by atoms with Crippen LogP contribution in [0.15, 0.2) is 30.3 Å². The minimum absolute atomic E-state index is 0.374. The van der Waals surface area contributed by atoms with E-state index in [1.54, 1.807) is 7.11 Å². The fourth-order valence-electron chi connectivity index (χ4n) is 1.06. The van der Waals surface area contributed by atoms with Gasteiger partial charge in [-0.2, -0.15) is 0 Å². The largest absolute Gasteiger partial charge is 0.384 e. The van der Waals surface area contributed by atoms with Crippen LogP contribution < -0.4 is 0 Å². The van der Waals surface area contributed by atoms with Gasteiger partial charge in [0, 0.05) is 13.5 Å². The molecule has 3 heteroatoms. The van der Waals surface area contributed by atoms with Crippen LogP contribution >= 0.6 is 0 Å². The van der Waals surface area contributed by atoms with Gasteiger partial charge in [0.2, 0.25) is 0 Å². The van der Waals surface area contributed by atoms with Gasteiger partial charge < -0.3 is 9.47 Å². The SMILES string of the molecule is COCCC([O])OCc1ccccc1. The van der Waals surface area contributed by atoms with E-state index in [0.29, 0.717) is 19.6 Å². The van der Waals surface area contributed by atoms with Gasteiger partial charge in [-0.15, -0.1) is 0 Å². The average molecular weight is 195 g/mol. The van der Waals surface area contributed by atoms with Crippen LogP contribution in [0.1, 0.15) is 12.0 Å². The lowest BCUT2D eigenvalue weighted by atomic mass is 10.2. The molecule has 0 amide bonds. The maximum atomic E-state index is 11.2. The van der Waals surface area contributed by atoms with E-state index < -0.39 is 6.29 Å². The predicted octanol–water partition coefficient (Wildman–Crippen LogP) is 2.00. The van der Waals surface area contributed by atoms with Crippen LogP contribution in [-0.2, 0) is 21.2 Å². The van der Waals surface area contributed by atoms with Crippen LogP contribution in [0.4, 0.5) is 0 Å². The number of ether oxygens (including phenoxy) is 2. The Morgan fingerprint density at radius 1 is 1.29 bits per heavy atom. The first-order valence-electron chi connectivity index (χ1n) is 4.63. The predicted molar refractivity (Wildman–Crippen MR) is 52.2 cm³/mol. The summed E-state index contributed by atoms with van der Waals surface area (Å²) >= 11 is 0. The molecule has 0 aliphatic rings. The molecule has 0 heterocycles. The Kier molecular flexibility index (Phi) is 5.22. The van der Waals surface area contributed by atoms with Gasteiger partial charge in [-0.1, -0.05) is 30.3 Å². The summed E-state index contributed by atoms with van der Waals surface area (Å²) in [6, 6.07) is 9.65. The van der Waals surface area contributed by atoms with Crippen molar-refractivity contribution in [1.82, 2.24) is 0 Å². The number of rotatable bonds is 6. The fraction of sp³-hybridized carbons (Fsp3) is 0.455.